The van der Waals surface area contributed by atoms with E-state index < -0.39 is 0 Å². The van der Waals surface area contributed by atoms with Gasteiger partial charge in [-0.1, -0.05) is 19.4 Å². The highest BCUT2D eigenvalue weighted by atomic mass is 16.5. The van der Waals surface area contributed by atoms with Gasteiger partial charge in [0.25, 0.3) is 0 Å². The summed E-state index contributed by atoms with van der Waals surface area (Å²) in [5.41, 5.74) is 0.839. The number of rotatable bonds is 6. The molecule has 0 fully saturated rings. The quantitative estimate of drug-likeness (QED) is 0.841. The third-order valence-electron chi connectivity index (χ3n) is 2.95. The van der Waals surface area contributed by atoms with Gasteiger partial charge in [-0.15, -0.1) is 0 Å². The zero-order chi connectivity index (χ0) is 13.5. The second kappa shape index (κ2) is 6.87. The van der Waals surface area contributed by atoms with Gasteiger partial charge in [-0.05, 0) is 37.7 Å². The van der Waals surface area contributed by atoms with Crippen LogP contribution in [0.4, 0.5) is 0 Å². The number of nitrogens with zero attached hydrogens (tertiary/aromatic N) is 2. The first-order valence-corrected chi connectivity index (χ1v) is 6.10. The molecule has 0 radical (unpaired) electrons. The Labute approximate surface area is 108 Å². The fourth-order valence-corrected chi connectivity index (χ4v) is 1.83. The highest BCUT2D eigenvalue weighted by Crippen LogP contribution is 2.30. The van der Waals surface area contributed by atoms with E-state index >= 15 is 0 Å². The maximum absolute atomic E-state index is 9.55. The van der Waals surface area contributed by atoms with Gasteiger partial charge in [0.15, 0.2) is 11.5 Å². The van der Waals surface area contributed by atoms with E-state index in [-0.39, 0.29) is 11.8 Å². The Morgan fingerprint density at radius 1 is 1.50 bits per heavy atom. The zero-order valence-electron chi connectivity index (χ0n) is 11.2. The molecule has 4 heteroatoms. The molecule has 0 spiro atoms. The van der Waals surface area contributed by atoms with Crippen LogP contribution >= 0.6 is 0 Å². The molecule has 0 saturated carbocycles. The molecular weight excluding hydrogens is 228 g/mol. The Bertz CT molecular complexity index is 426. The molecule has 0 amide bonds. The van der Waals surface area contributed by atoms with E-state index in [0.717, 1.165) is 24.9 Å². The molecule has 0 saturated heterocycles. The van der Waals surface area contributed by atoms with Crippen LogP contribution in [-0.2, 0) is 0 Å². The molecule has 18 heavy (non-hydrogen) atoms. The van der Waals surface area contributed by atoms with Crippen LogP contribution < -0.4 is 4.74 Å². The van der Waals surface area contributed by atoms with Gasteiger partial charge in [0.1, 0.15) is 6.04 Å². The van der Waals surface area contributed by atoms with Crippen LogP contribution in [0.2, 0.25) is 0 Å². The molecule has 98 valence electrons. The molecule has 0 aromatic heterocycles. The number of hydrogen-bond acceptors (Lipinski definition) is 4. The van der Waals surface area contributed by atoms with Crippen LogP contribution in [0.1, 0.15) is 31.4 Å². The lowest BCUT2D eigenvalue weighted by molar-refractivity contribution is 0.285. The van der Waals surface area contributed by atoms with Gasteiger partial charge in [0.05, 0.1) is 13.2 Å². The predicted molar refractivity (Wildman–Crippen MR) is 70.6 cm³/mol. The van der Waals surface area contributed by atoms with Crippen molar-refractivity contribution >= 4 is 0 Å². The first-order valence-electron chi connectivity index (χ1n) is 6.10. The van der Waals surface area contributed by atoms with Gasteiger partial charge in [0, 0.05) is 0 Å². The minimum atomic E-state index is -0.314. The van der Waals surface area contributed by atoms with Crippen molar-refractivity contribution in [3.8, 4) is 17.6 Å². The summed E-state index contributed by atoms with van der Waals surface area (Å²) in [6.07, 6.45) is 2.16. The Kier molecular flexibility index (Phi) is 5.47. The third-order valence-corrected chi connectivity index (χ3v) is 2.95. The molecular formula is C14H20N2O2. The van der Waals surface area contributed by atoms with Gasteiger partial charge in [0.2, 0.25) is 0 Å². The summed E-state index contributed by atoms with van der Waals surface area (Å²) in [6.45, 7) is 3.00. The van der Waals surface area contributed by atoms with Crippen molar-refractivity contribution in [2.24, 2.45) is 0 Å². The van der Waals surface area contributed by atoms with Crippen molar-refractivity contribution in [3.63, 3.8) is 0 Å². The van der Waals surface area contributed by atoms with E-state index in [0.29, 0.717) is 5.75 Å². The minimum Gasteiger partial charge on any atom is -0.504 e. The average Bonchev–Trinajstić information content (AvgIpc) is 2.39. The minimum absolute atomic E-state index is 0.0918. The normalized spacial score (nSPS) is 12.2. The van der Waals surface area contributed by atoms with Crippen LogP contribution in [0.15, 0.2) is 18.2 Å². The molecule has 4 nitrogen and oxygen atoms in total. The number of phenols is 1. The van der Waals surface area contributed by atoms with Crippen LogP contribution in [0.5, 0.6) is 11.5 Å². The molecule has 1 rings (SSSR count). The van der Waals surface area contributed by atoms with E-state index in [9.17, 15) is 10.4 Å². The number of phenolic OH excluding ortho intramolecular Hbond substituents is 1. The lowest BCUT2D eigenvalue weighted by atomic mass is 10.1. The number of methoxy groups -OCH3 is 1. The van der Waals surface area contributed by atoms with Gasteiger partial charge < -0.3 is 9.84 Å². The number of unbranched alkanes of at least 4 members (excludes halogenated alkanes) is 1. The van der Waals surface area contributed by atoms with E-state index in [1.807, 2.05) is 11.9 Å². The van der Waals surface area contributed by atoms with Crippen molar-refractivity contribution in [2.75, 3.05) is 20.7 Å². The van der Waals surface area contributed by atoms with Crippen molar-refractivity contribution in [2.45, 2.75) is 25.8 Å². The van der Waals surface area contributed by atoms with Gasteiger partial charge in [-0.25, -0.2) is 0 Å². The maximum atomic E-state index is 9.55. The molecule has 0 bridgehead atoms. The first kappa shape index (κ1) is 14.3. The Hall–Kier alpha value is -1.73. The fourth-order valence-electron chi connectivity index (χ4n) is 1.83. The van der Waals surface area contributed by atoms with Crippen molar-refractivity contribution in [1.82, 2.24) is 4.90 Å². The molecule has 0 aliphatic rings. The van der Waals surface area contributed by atoms with Gasteiger partial charge in [-0.3, -0.25) is 4.90 Å². The SMILES string of the molecule is CCCCN(C)C(C#N)c1ccc(O)c(OC)c1. The Balaban J connectivity index is 2.92. The second-order valence-electron chi connectivity index (χ2n) is 4.30. The summed E-state index contributed by atoms with van der Waals surface area (Å²) in [5, 5.41) is 18.8. The topological polar surface area (TPSA) is 56.5 Å². The molecule has 1 N–H and O–H groups in total. The average molecular weight is 248 g/mol. The number of ether oxygens (including phenoxy) is 1. The summed E-state index contributed by atoms with van der Waals surface area (Å²) >= 11 is 0. The van der Waals surface area contributed by atoms with E-state index in [4.69, 9.17) is 4.74 Å². The Morgan fingerprint density at radius 2 is 2.22 bits per heavy atom. The lowest BCUT2D eigenvalue weighted by Crippen LogP contribution is -2.24. The monoisotopic (exact) mass is 248 g/mol. The number of hydrogen-bond donors (Lipinski definition) is 1. The number of nitriles is 1. The highest BCUT2D eigenvalue weighted by Gasteiger charge is 2.17. The molecule has 1 aromatic carbocycles. The van der Waals surface area contributed by atoms with Gasteiger partial charge >= 0.3 is 0 Å². The molecule has 0 heterocycles. The van der Waals surface area contributed by atoms with Gasteiger partial charge in [-0.2, -0.15) is 5.26 Å². The standard InChI is InChI=1S/C14H20N2O2/c1-4-5-8-16(2)12(10-15)11-6-7-13(17)14(9-11)18-3/h6-7,9,12,17H,4-5,8H2,1-3H3. The van der Waals surface area contributed by atoms with Crippen LogP contribution in [0.25, 0.3) is 0 Å². The molecule has 1 aromatic rings. The maximum Gasteiger partial charge on any atom is 0.160 e. The van der Waals surface area contributed by atoms with Crippen molar-refractivity contribution in [1.29, 1.82) is 5.26 Å². The second-order valence-corrected chi connectivity index (χ2v) is 4.30. The lowest BCUT2D eigenvalue weighted by Gasteiger charge is -2.22. The van der Waals surface area contributed by atoms with E-state index in [1.54, 1.807) is 18.2 Å². The van der Waals surface area contributed by atoms with Crippen molar-refractivity contribution < 1.29 is 9.84 Å². The van der Waals surface area contributed by atoms with E-state index in [1.165, 1.54) is 7.11 Å². The molecule has 0 aliphatic heterocycles. The van der Waals surface area contributed by atoms with Crippen LogP contribution in [0, 0.1) is 11.3 Å². The van der Waals surface area contributed by atoms with E-state index in [2.05, 4.69) is 13.0 Å². The van der Waals surface area contributed by atoms with Crippen LogP contribution in [-0.4, -0.2) is 30.7 Å². The van der Waals surface area contributed by atoms with Crippen LogP contribution in [0.3, 0.4) is 0 Å². The highest BCUT2D eigenvalue weighted by molar-refractivity contribution is 5.43. The number of benzene rings is 1. The third kappa shape index (κ3) is 3.38. The summed E-state index contributed by atoms with van der Waals surface area (Å²) < 4.78 is 5.06. The molecule has 1 atom stereocenters. The fraction of sp³-hybridized carbons (Fsp3) is 0.500. The number of aromatic hydroxyl groups is 1. The molecule has 1 unspecified atom stereocenters. The summed E-state index contributed by atoms with van der Waals surface area (Å²) in [5.74, 6) is 0.491. The smallest absolute Gasteiger partial charge is 0.160 e. The largest absolute Gasteiger partial charge is 0.504 e. The first-order chi connectivity index (χ1) is 8.63. The zero-order valence-corrected chi connectivity index (χ0v) is 11.2. The molecule has 0 aliphatic carbocycles. The summed E-state index contributed by atoms with van der Waals surface area (Å²) in [6, 6.07) is 7.01. The summed E-state index contributed by atoms with van der Waals surface area (Å²) in [4.78, 5) is 2.01. The van der Waals surface area contributed by atoms with Crippen molar-refractivity contribution in [3.05, 3.63) is 23.8 Å². The summed E-state index contributed by atoms with van der Waals surface area (Å²) in [7, 11) is 3.43. The Morgan fingerprint density at radius 3 is 2.78 bits per heavy atom. The predicted octanol–water partition coefficient (Wildman–Crippen LogP) is 2.70.